The zero-order chi connectivity index (χ0) is 16.5. The van der Waals surface area contributed by atoms with E-state index < -0.39 is 0 Å². The number of benzene rings is 2. The van der Waals surface area contributed by atoms with Gasteiger partial charge in [-0.2, -0.15) is 5.26 Å². The number of hydrogen-bond donors (Lipinski definition) is 1. The van der Waals surface area contributed by atoms with Crippen molar-refractivity contribution in [1.82, 2.24) is 5.32 Å². The Kier molecular flexibility index (Phi) is 5.80. The van der Waals surface area contributed by atoms with Gasteiger partial charge < -0.3 is 10.1 Å². The van der Waals surface area contributed by atoms with Crippen LogP contribution in [0.1, 0.15) is 16.7 Å². The molecule has 0 unspecified atom stereocenters. The minimum Gasteiger partial charge on any atom is -0.496 e. The Hall–Kier alpha value is -3.24. The molecule has 0 atom stereocenters. The van der Waals surface area contributed by atoms with Crippen LogP contribution < -0.4 is 10.1 Å². The Bertz CT molecular complexity index is 795. The fraction of sp³-hybridized carbons (Fsp3) is 0.158. The molecule has 0 radical (unpaired) electrons. The van der Waals surface area contributed by atoms with E-state index in [2.05, 4.69) is 17.2 Å². The Balaban J connectivity index is 1.89. The van der Waals surface area contributed by atoms with Gasteiger partial charge in [0.1, 0.15) is 5.75 Å². The smallest absolute Gasteiger partial charge is 0.296 e. The van der Waals surface area contributed by atoms with E-state index >= 15 is 0 Å². The number of para-hydroxylation sites is 1. The van der Waals surface area contributed by atoms with Gasteiger partial charge in [0, 0.05) is 18.0 Å². The largest absolute Gasteiger partial charge is 0.496 e. The fourth-order valence-electron chi connectivity index (χ4n) is 2.06. The van der Waals surface area contributed by atoms with E-state index in [1.165, 1.54) is 0 Å². The maximum absolute atomic E-state index is 11.7. The molecule has 1 N–H and O–H groups in total. The van der Waals surface area contributed by atoms with Gasteiger partial charge in [-0.3, -0.25) is 4.79 Å². The van der Waals surface area contributed by atoms with Crippen molar-refractivity contribution in [1.29, 1.82) is 5.26 Å². The van der Waals surface area contributed by atoms with Crippen molar-refractivity contribution in [2.45, 2.75) is 6.42 Å². The predicted octanol–water partition coefficient (Wildman–Crippen LogP) is 2.28. The highest BCUT2D eigenvalue weighted by atomic mass is 16.5. The quantitative estimate of drug-likeness (QED) is 0.882. The highest BCUT2D eigenvalue weighted by molar-refractivity contribution is 5.94. The molecule has 0 saturated carbocycles. The molecule has 0 bridgehead atoms. The highest BCUT2D eigenvalue weighted by Crippen LogP contribution is 2.17. The van der Waals surface area contributed by atoms with Crippen molar-refractivity contribution in [3.05, 3.63) is 65.2 Å². The van der Waals surface area contributed by atoms with E-state index in [1.54, 1.807) is 31.4 Å². The normalized spacial score (nSPS) is 9.22. The molecule has 2 aromatic rings. The summed E-state index contributed by atoms with van der Waals surface area (Å²) in [5, 5.41) is 11.6. The number of hydrogen-bond acceptors (Lipinski definition) is 3. The molecule has 114 valence electrons. The first-order valence-electron chi connectivity index (χ1n) is 7.15. The number of carbonyl (C=O) groups excluding carboxylic acids is 1. The molecule has 0 saturated heterocycles. The van der Waals surface area contributed by atoms with Crippen LogP contribution in [-0.4, -0.2) is 19.6 Å². The topological polar surface area (TPSA) is 62.1 Å². The van der Waals surface area contributed by atoms with Crippen LogP contribution >= 0.6 is 0 Å². The van der Waals surface area contributed by atoms with Gasteiger partial charge in [-0.25, -0.2) is 0 Å². The minimum atomic E-state index is -0.345. The molecule has 0 aromatic heterocycles. The summed E-state index contributed by atoms with van der Waals surface area (Å²) in [5.74, 6) is 5.74. The Labute approximate surface area is 135 Å². The highest BCUT2D eigenvalue weighted by Gasteiger charge is 2.02. The van der Waals surface area contributed by atoms with Crippen molar-refractivity contribution in [2.75, 3.05) is 13.7 Å². The average Bonchev–Trinajstić information content (AvgIpc) is 2.60. The number of carbonyl (C=O) groups is 1. The van der Waals surface area contributed by atoms with Gasteiger partial charge in [-0.05, 0) is 36.2 Å². The lowest BCUT2D eigenvalue weighted by atomic mass is 10.1. The lowest BCUT2D eigenvalue weighted by Crippen LogP contribution is -2.24. The van der Waals surface area contributed by atoms with Gasteiger partial charge in [0.25, 0.3) is 5.91 Å². The van der Waals surface area contributed by atoms with Crippen LogP contribution in [0.3, 0.4) is 0 Å². The molecule has 4 heteroatoms. The first-order valence-corrected chi connectivity index (χ1v) is 7.15. The third-order valence-electron chi connectivity index (χ3n) is 3.18. The molecule has 0 heterocycles. The Morgan fingerprint density at radius 3 is 2.74 bits per heavy atom. The second kappa shape index (κ2) is 8.26. The van der Waals surface area contributed by atoms with Gasteiger partial charge in [0.15, 0.2) is 0 Å². The van der Waals surface area contributed by atoms with Gasteiger partial charge in [0.05, 0.1) is 18.7 Å². The lowest BCUT2D eigenvalue weighted by Gasteiger charge is -2.07. The van der Waals surface area contributed by atoms with Gasteiger partial charge in [0.2, 0.25) is 0 Å². The number of amides is 1. The van der Waals surface area contributed by atoms with E-state index in [-0.39, 0.29) is 5.91 Å². The summed E-state index contributed by atoms with van der Waals surface area (Å²) in [6, 6.07) is 16.6. The van der Waals surface area contributed by atoms with E-state index in [0.717, 1.165) is 11.3 Å². The molecule has 0 spiro atoms. The molecule has 0 aliphatic rings. The number of nitrogens with zero attached hydrogens (tertiary/aromatic N) is 1. The molecule has 0 aliphatic heterocycles. The number of ether oxygens (including phenoxy) is 1. The second-order valence-electron chi connectivity index (χ2n) is 4.76. The molecule has 23 heavy (non-hydrogen) atoms. The SMILES string of the molecule is COc1ccccc1CCNC(=O)C#Cc1cccc(C#N)c1. The van der Waals surface area contributed by atoms with Crippen LogP contribution in [-0.2, 0) is 11.2 Å². The van der Waals surface area contributed by atoms with E-state index in [4.69, 9.17) is 10.00 Å². The second-order valence-corrected chi connectivity index (χ2v) is 4.76. The monoisotopic (exact) mass is 304 g/mol. The molecule has 4 nitrogen and oxygen atoms in total. The number of methoxy groups -OCH3 is 1. The van der Waals surface area contributed by atoms with Gasteiger partial charge in [-0.1, -0.05) is 30.2 Å². The summed E-state index contributed by atoms with van der Waals surface area (Å²) >= 11 is 0. The van der Waals surface area contributed by atoms with Crippen molar-refractivity contribution >= 4 is 5.91 Å². The van der Waals surface area contributed by atoms with Crippen molar-refractivity contribution < 1.29 is 9.53 Å². The van der Waals surface area contributed by atoms with E-state index in [0.29, 0.717) is 24.1 Å². The van der Waals surface area contributed by atoms with Crippen molar-refractivity contribution in [2.24, 2.45) is 0 Å². The summed E-state index contributed by atoms with van der Waals surface area (Å²) in [5.41, 5.74) is 2.20. The number of nitrogens with one attached hydrogen (secondary N) is 1. The summed E-state index contributed by atoms with van der Waals surface area (Å²) in [4.78, 5) is 11.7. The van der Waals surface area contributed by atoms with Crippen LogP contribution in [0.15, 0.2) is 48.5 Å². The predicted molar refractivity (Wildman–Crippen MR) is 87.7 cm³/mol. The first-order chi connectivity index (χ1) is 11.2. The van der Waals surface area contributed by atoms with Crippen molar-refractivity contribution in [3.63, 3.8) is 0 Å². The summed E-state index contributed by atoms with van der Waals surface area (Å²) in [6.45, 7) is 0.478. The van der Waals surface area contributed by atoms with Crippen LogP contribution in [0, 0.1) is 23.2 Å². The molecule has 0 aliphatic carbocycles. The third kappa shape index (κ3) is 4.91. The molecule has 1 amide bonds. The molecule has 2 aromatic carbocycles. The molecule has 0 fully saturated rings. The van der Waals surface area contributed by atoms with Crippen LogP contribution in [0.2, 0.25) is 0 Å². The Morgan fingerprint density at radius 1 is 1.17 bits per heavy atom. The first kappa shape index (κ1) is 16.1. The standard InChI is InChI=1S/C19H16N2O2/c1-23-18-8-3-2-7-17(18)11-12-21-19(22)10-9-15-5-4-6-16(13-15)14-20/h2-8,13H,11-12H2,1H3,(H,21,22). The van der Waals surface area contributed by atoms with Crippen LogP contribution in [0.4, 0.5) is 0 Å². The number of nitriles is 1. The zero-order valence-electron chi connectivity index (χ0n) is 12.8. The van der Waals surface area contributed by atoms with Crippen LogP contribution in [0.5, 0.6) is 5.75 Å². The lowest BCUT2D eigenvalue weighted by molar-refractivity contribution is -0.115. The minimum absolute atomic E-state index is 0.345. The zero-order valence-corrected chi connectivity index (χ0v) is 12.8. The van der Waals surface area contributed by atoms with Crippen molar-refractivity contribution in [3.8, 4) is 23.7 Å². The van der Waals surface area contributed by atoms with Crippen LogP contribution in [0.25, 0.3) is 0 Å². The number of rotatable bonds is 4. The maximum Gasteiger partial charge on any atom is 0.296 e. The maximum atomic E-state index is 11.7. The van der Waals surface area contributed by atoms with Gasteiger partial charge >= 0.3 is 0 Å². The molecular formula is C19H16N2O2. The average molecular weight is 304 g/mol. The van der Waals surface area contributed by atoms with Gasteiger partial charge in [-0.15, -0.1) is 0 Å². The van der Waals surface area contributed by atoms with E-state index in [9.17, 15) is 4.79 Å². The summed E-state index contributed by atoms with van der Waals surface area (Å²) < 4.78 is 5.26. The summed E-state index contributed by atoms with van der Waals surface area (Å²) in [6.07, 6.45) is 0.668. The molecular weight excluding hydrogens is 288 g/mol. The fourth-order valence-corrected chi connectivity index (χ4v) is 2.06. The molecule has 2 rings (SSSR count). The van der Waals surface area contributed by atoms with E-state index in [1.807, 2.05) is 30.3 Å². The third-order valence-corrected chi connectivity index (χ3v) is 3.18. The Morgan fingerprint density at radius 2 is 1.96 bits per heavy atom. The summed E-state index contributed by atoms with van der Waals surface area (Å²) in [7, 11) is 1.62.